The van der Waals surface area contributed by atoms with E-state index in [1.165, 1.54) is 0 Å². The molecule has 15 nitrogen and oxygen atoms in total. The van der Waals surface area contributed by atoms with E-state index < -0.39 is 98.3 Å². The van der Waals surface area contributed by atoms with Crippen molar-refractivity contribution in [2.75, 3.05) is 79.1 Å². The van der Waals surface area contributed by atoms with Gasteiger partial charge in [-0.3, -0.25) is 18.0 Å². The maximum Gasteiger partial charge on any atom is 0.349 e. The summed E-state index contributed by atoms with van der Waals surface area (Å²) in [5.74, 6) is -6.59. The summed E-state index contributed by atoms with van der Waals surface area (Å²) in [6.45, 7) is 15.4. The molecule has 350 valence electrons. The Morgan fingerprint density at radius 3 is 1.27 bits per heavy atom. The van der Waals surface area contributed by atoms with Crippen molar-refractivity contribution in [3.05, 3.63) is 90.3 Å². The van der Waals surface area contributed by atoms with Crippen LogP contribution in [0.5, 0.6) is 0 Å². The first kappa shape index (κ1) is 49.4. The molecule has 0 radical (unpaired) electrons. The number of esters is 3. The third-order valence-electron chi connectivity index (χ3n) is 13.3. The van der Waals surface area contributed by atoms with Gasteiger partial charge in [-0.15, -0.1) is 0 Å². The summed E-state index contributed by atoms with van der Waals surface area (Å²) in [4.78, 5) is 54.4. The lowest BCUT2D eigenvalue weighted by Crippen LogP contribution is -2.30. The Balaban J connectivity index is 1.30. The summed E-state index contributed by atoms with van der Waals surface area (Å²) in [7, 11) is 0. The number of carbonyl (C=O) groups excluding carboxylic acids is 3. The number of carbonyl (C=O) groups is 3. The fourth-order valence-corrected chi connectivity index (χ4v) is 9.87. The Labute approximate surface area is 388 Å². The van der Waals surface area contributed by atoms with Crippen molar-refractivity contribution in [3.63, 3.8) is 0 Å². The number of allylic oxidation sites excluding steroid dienone is 8. The van der Waals surface area contributed by atoms with Crippen LogP contribution < -0.4 is 0 Å². The fraction of sp³-hybridized carbons (Fsp3) is 0.571. The van der Waals surface area contributed by atoms with Gasteiger partial charge in [-0.2, -0.15) is 21.0 Å². The van der Waals surface area contributed by atoms with E-state index in [1.54, 1.807) is 0 Å². The lowest BCUT2D eigenvalue weighted by atomic mass is 9.81. The summed E-state index contributed by atoms with van der Waals surface area (Å²) >= 11 is 0. The van der Waals surface area contributed by atoms with Crippen molar-refractivity contribution in [2.45, 2.75) is 77.0 Å². The van der Waals surface area contributed by atoms with Gasteiger partial charge in [0.25, 0.3) is 5.70 Å². The molecule has 3 aliphatic heterocycles. The van der Waals surface area contributed by atoms with Gasteiger partial charge in [0.1, 0.15) is 48.6 Å². The van der Waals surface area contributed by atoms with Gasteiger partial charge in [0.15, 0.2) is 5.70 Å². The van der Waals surface area contributed by atoms with Crippen LogP contribution in [0.25, 0.3) is 9.69 Å². The Kier molecular flexibility index (Phi) is 17.3. The van der Waals surface area contributed by atoms with E-state index in [0.29, 0.717) is 56.4 Å². The van der Waals surface area contributed by atoms with Crippen LogP contribution in [0, 0.1) is 82.1 Å². The van der Waals surface area contributed by atoms with E-state index in [1.807, 2.05) is 26.8 Å². The minimum Gasteiger partial charge on any atom is -0.470 e. The van der Waals surface area contributed by atoms with Crippen molar-refractivity contribution in [3.8, 4) is 24.3 Å². The number of halogens is 3. The van der Waals surface area contributed by atoms with Crippen LogP contribution in [0.1, 0.15) is 77.0 Å². The van der Waals surface area contributed by atoms with E-state index in [-0.39, 0.29) is 72.1 Å². The maximum absolute atomic E-state index is 14.3. The Morgan fingerprint density at radius 2 is 0.925 bits per heavy atom. The molecule has 0 aromatic rings. The smallest absolute Gasteiger partial charge is 0.349 e. The van der Waals surface area contributed by atoms with Crippen LogP contribution in [0.15, 0.2) is 67.5 Å². The lowest BCUT2D eigenvalue weighted by Gasteiger charge is -2.32. The highest BCUT2D eigenvalue weighted by molar-refractivity contribution is 5.96. The second-order valence-corrected chi connectivity index (χ2v) is 17.7. The molecule has 6 aliphatic rings. The SMILES string of the molecule is [C-]#[N+]C1=C(N2CCCC2)CC(CF)C/C1=C(/[N+]#[C-])C(=O)OCC(COC(=O)/C(C#N)=C1\CC(CF)CC(N2CCCC2)=C1C#N)COC(=O)/C(C#N)=C1\CC(CF)CC(N2CCCC2)=C1C#N. The van der Waals surface area contributed by atoms with Crippen LogP contribution in [-0.4, -0.2) is 112 Å². The van der Waals surface area contributed by atoms with Crippen LogP contribution in [0.3, 0.4) is 0 Å². The number of hydrogen-bond acceptors (Lipinski definition) is 13. The Hall–Kier alpha value is -7.02. The molecular formula is C49H52F3N9O6. The highest BCUT2D eigenvalue weighted by Crippen LogP contribution is 2.42. The van der Waals surface area contributed by atoms with E-state index in [0.717, 1.165) is 38.5 Å². The molecule has 0 bridgehead atoms. The molecular weight excluding hydrogens is 868 g/mol. The molecule has 3 heterocycles. The predicted molar refractivity (Wildman–Crippen MR) is 233 cm³/mol. The summed E-state index contributed by atoms with van der Waals surface area (Å²) in [6.07, 6.45) is 5.68. The number of rotatable bonds is 15. The molecule has 6 rings (SSSR count). The fourth-order valence-electron chi connectivity index (χ4n) is 9.87. The largest absolute Gasteiger partial charge is 0.470 e. The molecule has 0 aromatic carbocycles. The van der Waals surface area contributed by atoms with Crippen molar-refractivity contribution in [2.24, 2.45) is 23.7 Å². The lowest BCUT2D eigenvalue weighted by molar-refractivity contribution is -0.148. The summed E-state index contributed by atoms with van der Waals surface area (Å²) < 4.78 is 59.6. The van der Waals surface area contributed by atoms with Gasteiger partial charge < -0.3 is 28.9 Å². The first-order chi connectivity index (χ1) is 32.6. The van der Waals surface area contributed by atoms with E-state index in [2.05, 4.69) is 21.8 Å². The minimum atomic E-state index is -1.23. The normalized spacial score (nSPS) is 24.7. The number of nitriles is 4. The number of hydrogen-bond donors (Lipinski definition) is 0. The van der Waals surface area contributed by atoms with E-state index in [4.69, 9.17) is 27.4 Å². The molecule has 3 atom stereocenters. The van der Waals surface area contributed by atoms with Gasteiger partial charge in [0.2, 0.25) is 0 Å². The van der Waals surface area contributed by atoms with E-state index in [9.17, 15) is 48.6 Å². The highest BCUT2D eigenvalue weighted by Gasteiger charge is 2.37. The standard InChI is InChI=1S/C49H52F3N9O6/c1-57-45-37(17-33(23-52)20-44(45)61-13-7-8-14-61)46(58-2)49(64)67-30-34(28-65-47(62)40(26-55)35-15-31(21-50)18-42(38(35)24-53)59-9-3-4-10-59)29-66-48(63)41(27-56)36-16-32(22-51)19-43(39(36)25-54)60-11-5-6-12-60/h31-34H,3-23,28-30H2/b40-35+,41-36+,46-37-. The predicted octanol–water partition coefficient (Wildman–Crippen LogP) is 7.16. The van der Waals surface area contributed by atoms with Crippen LogP contribution >= 0.6 is 0 Å². The van der Waals surface area contributed by atoms with E-state index >= 15 is 0 Å². The average molecular weight is 920 g/mol. The summed E-state index contributed by atoms with van der Waals surface area (Å²) in [5, 5.41) is 41.1. The Morgan fingerprint density at radius 1 is 0.567 bits per heavy atom. The van der Waals surface area contributed by atoms with Crippen molar-refractivity contribution < 1.29 is 41.8 Å². The number of nitrogens with zero attached hydrogens (tertiary/aromatic N) is 9. The molecule has 0 N–H and O–H groups in total. The molecule has 0 saturated carbocycles. The van der Waals surface area contributed by atoms with Crippen molar-refractivity contribution in [1.82, 2.24) is 14.7 Å². The van der Waals surface area contributed by atoms with Gasteiger partial charge in [-0.25, -0.2) is 19.3 Å². The monoisotopic (exact) mass is 919 g/mol. The van der Waals surface area contributed by atoms with Crippen LogP contribution in [0.4, 0.5) is 13.2 Å². The van der Waals surface area contributed by atoms with Gasteiger partial charge in [-0.1, -0.05) is 0 Å². The van der Waals surface area contributed by atoms with Crippen molar-refractivity contribution in [1.29, 1.82) is 21.0 Å². The number of ether oxygens (including phenoxy) is 3. The third-order valence-corrected chi connectivity index (χ3v) is 13.3. The highest BCUT2D eigenvalue weighted by atomic mass is 19.1. The van der Waals surface area contributed by atoms with Gasteiger partial charge in [0, 0.05) is 56.4 Å². The van der Waals surface area contributed by atoms with Crippen LogP contribution in [0.2, 0.25) is 0 Å². The molecule has 3 unspecified atom stereocenters. The topological polar surface area (TPSA) is 192 Å². The first-order valence-corrected chi connectivity index (χ1v) is 22.8. The van der Waals surface area contributed by atoms with Crippen LogP contribution in [-0.2, 0) is 28.6 Å². The molecule has 3 fully saturated rings. The van der Waals surface area contributed by atoms with Gasteiger partial charge in [-0.05, 0) is 112 Å². The first-order valence-electron chi connectivity index (χ1n) is 22.8. The van der Waals surface area contributed by atoms with Gasteiger partial charge >= 0.3 is 17.9 Å². The zero-order chi connectivity index (χ0) is 48.0. The Bertz CT molecular complexity index is 2160. The van der Waals surface area contributed by atoms with Crippen molar-refractivity contribution >= 4 is 17.9 Å². The zero-order valence-corrected chi connectivity index (χ0v) is 37.4. The molecule has 0 amide bonds. The molecule has 0 spiro atoms. The maximum atomic E-state index is 14.3. The second-order valence-electron chi connectivity index (χ2n) is 17.7. The molecule has 3 aliphatic carbocycles. The molecule has 0 aromatic heterocycles. The molecule has 67 heavy (non-hydrogen) atoms. The number of alkyl halides is 3. The zero-order valence-electron chi connectivity index (χ0n) is 37.4. The van der Waals surface area contributed by atoms with Gasteiger partial charge in [0.05, 0.1) is 56.8 Å². The molecule has 3 saturated heterocycles. The average Bonchev–Trinajstić information content (AvgIpc) is 4.20. The summed E-state index contributed by atoms with van der Waals surface area (Å²) in [6, 6.07) is 7.87. The third kappa shape index (κ3) is 11.2. The minimum absolute atomic E-state index is 0.0311. The number of likely N-dealkylation sites (tertiary alicyclic amines) is 3. The molecule has 18 heteroatoms. The quantitative estimate of drug-likeness (QED) is 0.0529. The second kappa shape index (κ2) is 23.4. The summed E-state index contributed by atoms with van der Waals surface area (Å²) in [5.41, 5.74) is 0.395.